The zero-order valence-electron chi connectivity index (χ0n) is 19.2. The molecule has 34 heavy (non-hydrogen) atoms. The van der Waals surface area contributed by atoms with Crippen LogP contribution in [-0.2, 0) is 21.2 Å². The van der Waals surface area contributed by atoms with Gasteiger partial charge in [0.1, 0.15) is 11.5 Å². The van der Waals surface area contributed by atoms with Crippen molar-refractivity contribution < 1.29 is 22.4 Å². The Labute approximate surface area is 202 Å². The molecule has 2 heterocycles. The molecule has 4 rings (SSSR count). The molecule has 0 N–H and O–H groups in total. The van der Waals surface area contributed by atoms with Gasteiger partial charge in [0.25, 0.3) is 0 Å². The quantitative estimate of drug-likeness (QED) is 0.306. The van der Waals surface area contributed by atoms with Crippen molar-refractivity contribution in [1.29, 1.82) is 0 Å². The van der Waals surface area contributed by atoms with Crippen molar-refractivity contribution in [2.45, 2.75) is 37.6 Å². The molecule has 0 aliphatic rings. The molecule has 0 aliphatic heterocycles. The normalized spacial score (nSPS) is 11.8. The van der Waals surface area contributed by atoms with E-state index in [0.717, 1.165) is 15.8 Å². The van der Waals surface area contributed by atoms with Gasteiger partial charge >= 0.3 is 0 Å². The van der Waals surface area contributed by atoms with Crippen LogP contribution in [-0.4, -0.2) is 32.2 Å². The number of methoxy groups -OCH3 is 1. The van der Waals surface area contributed by atoms with Gasteiger partial charge in [-0.3, -0.25) is 9.69 Å². The molecule has 0 saturated carbocycles. The number of fused-ring (bicyclic) bond motifs is 1. The first-order valence-electron chi connectivity index (χ1n) is 10.9. The van der Waals surface area contributed by atoms with Crippen LogP contribution in [0.25, 0.3) is 10.2 Å². The number of benzene rings is 2. The molecule has 2 aromatic heterocycles. The van der Waals surface area contributed by atoms with E-state index < -0.39 is 9.84 Å². The lowest BCUT2D eigenvalue weighted by Gasteiger charge is -2.19. The van der Waals surface area contributed by atoms with Crippen LogP contribution in [0, 0.1) is 0 Å². The highest BCUT2D eigenvalue weighted by molar-refractivity contribution is 7.91. The summed E-state index contributed by atoms with van der Waals surface area (Å²) in [6.07, 6.45) is 1.36. The number of carbonyl (C=O) groups is 1. The molecule has 0 spiro atoms. The lowest BCUT2D eigenvalue weighted by atomic mass is 10.0. The Morgan fingerprint density at radius 1 is 1.12 bits per heavy atom. The van der Waals surface area contributed by atoms with Crippen molar-refractivity contribution in [3.63, 3.8) is 0 Å². The first-order valence-corrected chi connectivity index (χ1v) is 13.3. The summed E-state index contributed by atoms with van der Waals surface area (Å²) in [4.78, 5) is 19.8. The monoisotopic (exact) mass is 498 g/mol. The fraction of sp³-hybridized carbons (Fsp3) is 0.280. The predicted molar refractivity (Wildman–Crippen MR) is 133 cm³/mol. The van der Waals surface area contributed by atoms with Gasteiger partial charge in [-0.1, -0.05) is 37.3 Å². The first kappa shape index (κ1) is 24.0. The van der Waals surface area contributed by atoms with E-state index in [1.807, 2.05) is 18.2 Å². The summed E-state index contributed by atoms with van der Waals surface area (Å²) in [6, 6.07) is 15.7. The van der Waals surface area contributed by atoms with Gasteiger partial charge in [0.15, 0.2) is 15.0 Å². The largest absolute Gasteiger partial charge is 0.497 e. The summed E-state index contributed by atoms with van der Waals surface area (Å²) in [5, 5.41) is 0.520. The van der Waals surface area contributed by atoms with E-state index in [0.29, 0.717) is 16.6 Å². The van der Waals surface area contributed by atoms with E-state index >= 15 is 0 Å². The summed E-state index contributed by atoms with van der Waals surface area (Å²) < 4.78 is 37.2. The maximum atomic E-state index is 13.3. The van der Waals surface area contributed by atoms with E-state index in [2.05, 4.69) is 13.8 Å². The van der Waals surface area contributed by atoms with Crippen LogP contribution < -0.4 is 9.64 Å². The third-order valence-electron chi connectivity index (χ3n) is 5.49. The number of sulfone groups is 1. The summed E-state index contributed by atoms with van der Waals surface area (Å²) in [6.45, 7) is 4.37. The molecule has 178 valence electrons. The summed E-state index contributed by atoms with van der Waals surface area (Å²) in [5.74, 6) is 0.793. The van der Waals surface area contributed by atoms with E-state index in [-0.39, 0.29) is 35.4 Å². The van der Waals surface area contributed by atoms with Crippen LogP contribution >= 0.6 is 11.3 Å². The number of amides is 1. The highest BCUT2D eigenvalue weighted by atomic mass is 32.2. The van der Waals surface area contributed by atoms with Crippen LogP contribution in [0.2, 0.25) is 0 Å². The van der Waals surface area contributed by atoms with Crippen molar-refractivity contribution in [3.8, 4) is 5.75 Å². The molecule has 0 bridgehead atoms. The SMILES string of the molecule is COc1ccc(S(=O)(=O)CCC(=O)N(Cc2ccco2)c2nc3c(C(C)C)cccc3s2)cc1. The smallest absolute Gasteiger partial charge is 0.230 e. The molecule has 0 fully saturated rings. The molecule has 7 nitrogen and oxygen atoms in total. The number of nitrogens with zero attached hydrogens (tertiary/aromatic N) is 2. The van der Waals surface area contributed by atoms with Gasteiger partial charge in [0.05, 0.1) is 40.8 Å². The van der Waals surface area contributed by atoms with Gasteiger partial charge in [0.2, 0.25) is 5.91 Å². The fourth-order valence-corrected chi connectivity index (χ4v) is 5.86. The van der Waals surface area contributed by atoms with Crippen molar-refractivity contribution in [2.75, 3.05) is 17.8 Å². The summed E-state index contributed by atoms with van der Waals surface area (Å²) in [5.41, 5.74) is 1.97. The highest BCUT2D eigenvalue weighted by Gasteiger charge is 2.25. The lowest BCUT2D eigenvalue weighted by molar-refractivity contribution is -0.118. The van der Waals surface area contributed by atoms with E-state index in [1.165, 1.54) is 35.5 Å². The van der Waals surface area contributed by atoms with Gasteiger partial charge in [-0.15, -0.1) is 0 Å². The number of anilines is 1. The minimum absolute atomic E-state index is 0.153. The Balaban J connectivity index is 1.60. The average Bonchev–Trinajstić information content (AvgIpc) is 3.50. The summed E-state index contributed by atoms with van der Waals surface area (Å²) in [7, 11) is -2.13. The number of ether oxygens (including phenoxy) is 1. The van der Waals surface area contributed by atoms with Crippen LogP contribution in [0.5, 0.6) is 5.75 Å². The molecule has 0 atom stereocenters. The molecular weight excluding hydrogens is 472 g/mol. The Morgan fingerprint density at radius 3 is 2.53 bits per heavy atom. The third kappa shape index (κ3) is 5.15. The Hall–Kier alpha value is -3.17. The zero-order valence-corrected chi connectivity index (χ0v) is 20.9. The van der Waals surface area contributed by atoms with Gasteiger partial charge in [-0.2, -0.15) is 0 Å². The van der Waals surface area contributed by atoms with Crippen molar-refractivity contribution in [1.82, 2.24) is 4.98 Å². The second-order valence-corrected chi connectivity index (χ2v) is 11.3. The number of para-hydroxylation sites is 1. The predicted octanol–water partition coefficient (Wildman–Crippen LogP) is 5.42. The van der Waals surface area contributed by atoms with Gasteiger partial charge in [0, 0.05) is 6.42 Å². The second-order valence-electron chi connectivity index (χ2n) is 8.15. The van der Waals surface area contributed by atoms with Crippen LogP contribution in [0.3, 0.4) is 0 Å². The molecule has 0 unspecified atom stereocenters. The highest BCUT2D eigenvalue weighted by Crippen LogP contribution is 2.34. The Kier molecular flexibility index (Phi) is 7.04. The number of aromatic nitrogens is 1. The second kappa shape index (κ2) is 9.99. The number of carbonyl (C=O) groups excluding carboxylic acids is 1. The van der Waals surface area contributed by atoms with Crippen molar-refractivity contribution in [2.24, 2.45) is 0 Å². The fourth-order valence-electron chi connectivity index (χ4n) is 3.62. The molecule has 2 aromatic carbocycles. The maximum absolute atomic E-state index is 13.3. The summed E-state index contributed by atoms with van der Waals surface area (Å²) >= 11 is 1.41. The maximum Gasteiger partial charge on any atom is 0.230 e. The van der Waals surface area contributed by atoms with E-state index in [1.54, 1.807) is 30.5 Å². The first-order chi connectivity index (χ1) is 16.3. The Bertz CT molecular complexity index is 1370. The number of rotatable bonds is 9. The van der Waals surface area contributed by atoms with Crippen LogP contribution in [0.4, 0.5) is 5.13 Å². The number of hydrogen-bond acceptors (Lipinski definition) is 7. The van der Waals surface area contributed by atoms with Crippen LogP contribution in [0.1, 0.15) is 37.5 Å². The molecule has 0 aliphatic carbocycles. The lowest BCUT2D eigenvalue weighted by Crippen LogP contribution is -2.31. The van der Waals surface area contributed by atoms with Crippen LogP contribution in [0.15, 0.2) is 70.2 Å². The molecule has 0 radical (unpaired) electrons. The van der Waals surface area contributed by atoms with Gasteiger partial charge in [-0.25, -0.2) is 13.4 Å². The average molecular weight is 499 g/mol. The number of thiazole rings is 1. The molecule has 0 saturated heterocycles. The van der Waals surface area contributed by atoms with Crippen molar-refractivity contribution in [3.05, 3.63) is 72.2 Å². The topological polar surface area (TPSA) is 89.7 Å². The minimum Gasteiger partial charge on any atom is -0.497 e. The zero-order chi connectivity index (χ0) is 24.3. The minimum atomic E-state index is -3.64. The van der Waals surface area contributed by atoms with Crippen molar-refractivity contribution >= 4 is 42.4 Å². The number of hydrogen-bond donors (Lipinski definition) is 0. The molecule has 9 heteroatoms. The molecule has 4 aromatic rings. The third-order valence-corrected chi connectivity index (χ3v) is 8.27. The molecular formula is C25H26N2O5S2. The van der Waals surface area contributed by atoms with E-state index in [4.69, 9.17) is 14.1 Å². The van der Waals surface area contributed by atoms with Gasteiger partial charge in [-0.05, 0) is 53.9 Å². The Morgan fingerprint density at radius 2 is 1.88 bits per heavy atom. The standard InChI is InChI=1S/C25H26N2O5S2/c1-17(2)21-7-4-8-22-24(21)26-25(33-22)27(16-19-6-5-14-32-19)23(28)13-15-34(29,30)20-11-9-18(31-3)10-12-20/h4-12,14,17H,13,15-16H2,1-3H3. The van der Waals surface area contributed by atoms with E-state index in [9.17, 15) is 13.2 Å². The number of furan rings is 1. The van der Waals surface area contributed by atoms with Gasteiger partial charge < -0.3 is 9.15 Å². The molecule has 1 amide bonds.